The van der Waals surface area contributed by atoms with Crippen LogP contribution in [0.4, 0.5) is 4.39 Å². The molecule has 0 bridgehead atoms. The van der Waals surface area contributed by atoms with Crippen LogP contribution in [0.25, 0.3) is 0 Å². The highest BCUT2D eigenvalue weighted by atomic mass is 19.1. The smallest absolute Gasteiger partial charge is 0.338 e. The number of benzene rings is 1. The number of carboxylic acids is 1. The molecule has 2 N–H and O–H groups in total. The van der Waals surface area contributed by atoms with Gasteiger partial charge < -0.3 is 10.4 Å². The van der Waals surface area contributed by atoms with E-state index < -0.39 is 11.8 Å². The van der Waals surface area contributed by atoms with Crippen molar-refractivity contribution in [1.82, 2.24) is 5.32 Å². The highest BCUT2D eigenvalue weighted by Gasteiger charge is 2.36. The zero-order valence-corrected chi connectivity index (χ0v) is 9.79. The van der Waals surface area contributed by atoms with E-state index in [1.54, 1.807) is 6.07 Å². The molecule has 0 unspecified atom stereocenters. The number of nitrogens with one attached hydrogen (secondary N) is 1. The van der Waals surface area contributed by atoms with Crippen molar-refractivity contribution in [2.45, 2.75) is 26.3 Å². The molecule has 0 spiro atoms. The number of hydrogen-bond acceptors (Lipinski definition) is 2. The lowest BCUT2D eigenvalue weighted by molar-refractivity contribution is 0.0692. The van der Waals surface area contributed by atoms with Gasteiger partial charge in [-0.15, -0.1) is 0 Å². The minimum atomic E-state index is -1.23. The predicted molar refractivity (Wildman–Crippen MR) is 62.4 cm³/mol. The van der Waals surface area contributed by atoms with E-state index in [1.807, 2.05) is 0 Å². The molecule has 1 fully saturated rings. The highest BCUT2D eigenvalue weighted by Crippen LogP contribution is 2.44. The van der Waals surface area contributed by atoms with Crippen molar-refractivity contribution in [3.63, 3.8) is 0 Å². The molecule has 1 saturated carbocycles. The first-order valence-corrected chi connectivity index (χ1v) is 5.73. The van der Waals surface area contributed by atoms with Crippen molar-refractivity contribution < 1.29 is 14.3 Å². The molecule has 92 valence electrons. The largest absolute Gasteiger partial charge is 0.478 e. The van der Waals surface area contributed by atoms with Crippen molar-refractivity contribution in [2.75, 3.05) is 6.54 Å². The fraction of sp³-hybridized carbons (Fsp3) is 0.462. The summed E-state index contributed by atoms with van der Waals surface area (Å²) in [4.78, 5) is 10.6. The Bertz CT molecular complexity index is 441. The minimum absolute atomic E-state index is 0.275. The van der Waals surface area contributed by atoms with Gasteiger partial charge in [0, 0.05) is 13.1 Å². The molecule has 0 aliphatic heterocycles. The lowest BCUT2D eigenvalue weighted by Crippen LogP contribution is -2.21. The zero-order valence-electron chi connectivity index (χ0n) is 9.79. The van der Waals surface area contributed by atoms with E-state index in [-0.39, 0.29) is 5.56 Å². The van der Waals surface area contributed by atoms with Crippen LogP contribution in [0.15, 0.2) is 18.2 Å². The van der Waals surface area contributed by atoms with Crippen molar-refractivity contribution >= 4 is 5.97 Å². The highest BCUT2D eigenvalue weighted by molar-refractivity contribution is 5.87. The molecule has 1 aromatic carbocycles. The van der Waals surface area contributed by atoms with Gasteiger partial charge in [0.1, 0.15) is 5.82 Å². The molecule has 1 aliphatic rings. The molecular weight excluding hydrogens is 221 g/mol. The molecule has 4 heteroatoms. The molecule has 1 aromatic rings. The summed E-state index contributed by atoms with van der Waals surface area (Å²) in [6.07, 6.45) is 2.48. The first-order chi connectivity index (χ1) is 8.00. The van der Waals surface area contributed by atoms with Crippen molar-refractivity contribution in [3.05, 3.63) is 35.1 Å². The van der Waals surface area contributed by atoms with Gasteiger partial charge in [0.25, 0.3) is 0 Å². The van der Waals surface area contributed by atoms with Gasteiger partial charge in [-0.1, -0.05) is 13.0 Å². The molecule has 1 aliphatic carbocycles. The molecule has 0 heterocycles. The number of halogens is 1. The Labute approximate surface area is 99.7 Å². The molecule has 17 heavy (non-hydrogen) atoms. The van der Waals surface area contributed by atoms with Crippen LogP contribution >= 0.6 is 0 Å². The summed E-state index contributed by atoms with van der Waals surface area (Å²) in [6, 6.07) is 4.24. The lowest BCUT2D eigenvalue weighted by atomic mass is 10.1. The first-order valence-electron chi connectivity index (χ1n) is 5.73. The third-order valence-corrected chi connectivity index (χ3v) is 3.25. The van der Waals surface area contributed by atoms with E-state index in [9.17, 15) is 9.18 Å². The van der Waals surface area contributed by atoms with Crippen molar-refractivity contribution in [2.24, 2.45) is 5.41 Å². The second-order valence-electron chi connectivity index (χ2n) is 5.03. The maximum Gasteiger partial charge on any atom is 0.338 e. The van der Waals surface area contributed by atoms with Gasteiger partial charge in [-0.05, 0) is 36.0 Å². The molecule has 2 rings (SSSR count). The minimum Gasteiger partial charge on any atom is -0.478 e. The molecular formula is C13H16FNO2. The number of hydrogen-bond donors (Lipinski definition) is 2. The van der Waals surface area contributed by atoms with Gasteiger partial charge in [0.2, 0.25) is 0 Å². The second-order valence-corrected chi connectivity index (χ2v) is 5.03. The van der Waals surface area contributed by atoms with E-state index in [0.717, 1.165) is 12.1 Å². The summed E-state index contributed by atoms with van der Waals surface area (Å²) in [6.45, 7) is 3.72. The SMILES string of the molecule is CC1(CNCc2ccc(C(=O)O)c(F)c2)CC1. The van der Waals surface area contributed by atoms with Crippen LogP contribution in [-0.2, 0) is 6.54 Å². The summed E-state index contributed by atoms with van der Waals surface area (Å²) >= 11 is 0. The van der Waals surface area contributed by atoms with Crippen molar-refractivity contribution in [3.8, 4) is 0 Å². The Morgan fingerprint density at radius 3 is 2.76 bits per heavy atom. The quantitative estimate of drug-likeness (QED) is 0.826. The first kappa shape index (κ1) is 12.0. The molecule has 0 atom stereocenters. The van der Waals surface area contributed by atoms with Gasteiger partial charge in [-0.3, -0.25) is 0 Å². The maximum absolute atomic E-state index is 13.4. The lowest BCUT2D eigenvalue weighted by Gasteiger charge is -2.10. The van der Waals surface area contributed by atoms with Gasteiger partial charge in [0.15, 0.2) is 0 Å². The average Bonchev–Trinajstić information content (AvgIpc) is 2.96. The van der Waals surface area contributed by atoms with Crippen LogP contribution in [0.5, 0.6) is 0 Å². The van der Waals surface area contributed by atoms with Crippen LogP contribution in [0.1, 0.15) is 35.7 Å². The summed E-state index contributed by atoms with van der Waals surface area (Å²) in [5.74, 6) is -1.90. The van der Waals surface area contributed by atoms with E-state index >= 15 is 0 Å². The van der Waals surface area contributed by atoms with Gasteiger partial charge in [-0.2, -0.15) is 0 Å². The molecule has 0 aromatic heterocycles. The Morgan fingerprint density at radius 1 is 1.53 bits per heavy atom. The Morgan fingerprint density at radius 2 is 2.24 bits per heavy atom. The summed E-state index contributed by atoms with van der Waals surface area (Å²) in [5.41, 5.74) is 0.916. The van der Waals surface area contributed by atoms with E-state index in [4.69, 9.17) is 5.11 Å². The standard InChI is InChI=1S/C13H16FNO2/c1-13(4-5-13)8-15-7-9-2-3-10(12(16)17)11(14)6-9/h2-3,6,15H,4-5,7-8H2,1H3,(H,16,17). The Kier molecular flexibility index (Phi) is 3.15. The topological polar surface area (TPSA) is 49.3 Å². The van der Waals surface area contributed by atoms with Crippen LogP contribution in [0.3, 0.4) is 0 Å². The monoisotopic (exact) mass is 237 g/mol. The number of aromatic carboxylic acids is 1. The van der Waals surface area contributed by atoms with Crippen LogP contribution in [-0.4, -0.2) is 17.6 Å². The number of carbonyl (C=O) groups is 1. The zero-order chi connectivity index (χ0) is 12.5. The predicted octanol–water partition coefficient (Wildman–Crippen LogP) is 2.41. The Hall–Kier alpha value is -1.42. The summed E-state index contributed by atoms with van der Waals surface area (Å²) in [5, 5.41) is 12.0. The normalized spacial score (nSPS) is 16.8. The average molecular weight is 237 g/mol. The molecule has 3 nitrogen and oxygen atoms in total. The van der Waals surface area contributed by atoms with E-state index in [1.165, 1.54) is 25.0 Å². The van der Waals surface area contributed by atoms with Crippen molar-refractivity contribution in [1.29, 1.82) is 0 Å². The van der Waals surface area contributed by atoms with E-state index in [2.05, 4.69) is 12.2 Å². The number of carboxylic acid groups (broad SMARTS) is 1. The maximum atomic E-state index is 13.4. The fourth-order valence-corrected chi connectivity index (χ4v) is 1.74. The van der Waals surface area contributed by atoms with Gasteiger partial charge in [-0.25, -0.2) is 9.18 Å². The van der Waals surface area contributed by atoms with Crippen LogP contribution in [0.2, 0.25) is 0 Å². The molecule has 0 saturated heterocycles. The fourth-order valence-electron chi connectivity index (χ4n) is 1.74. The third-order valence-electron chi connectivity index (χ3n) is 3.25. The third kappa shape index (κ3) is 3.03. The van der Waals surface area contributed by atoms with Gasteiger partial charge >= 0.3 is 5.97 Å². The van der Waals surface area contributed by atoms with Gasteiger partial charge in [0.05, 0.1) is 5.56 Å². The summed E-state index contributed by atoms with van der Waals surface area (Å²) < 4.78 is 13.4. The van der Waals surface area contributed by atoms with Crippen LogP contribution < -0.4 is 5.32 Å². The second kappa shape index (κ2) is 4.45. The number of rotatable bonds is 5. The van der Waals surface area contributed by atoms with E-state index in [0.29, 0.717) is 12.0 Å². The molecule has 0 amide bonds. The van der Waals surface area contributed by atoms with Crippen LogP contribution in [0, 0.1) is 11.2 Å². The molecule has 0 radical (unpaired) electrons. The Balaban J connectivity index is 1.93. The summed E-state index contributed by atoms with van der Waals surface area (Å²) in [7, 11) is 0.